The van der Waals surface area contributed by atoms with Crippen molar-refractivity contribution in [1.82, 2.24) is 9.55 Å². The number of ether oxygens (including phenoxy) is 1. The summed E-state index contributed by atoms with van der Waals surface area (Å²) in [5.74, 6) is 0.714. The molecular weight excluding hydrogens is 274 g/mol. The fraction of sp³-hybridized carbons (Fsp3) is 0.714. The quantitative estimate of drug-likeness (QED) is 0.616. The molecular formula is C14H23N3O2S. The molecule has 0 saturated carbocycles. The smallest absolute Gasteiger partial charge is 0.255 e. The largest absolute Gasteiger partial charge is 0.366 e. The molecule has 1 aromatic heterocycles. The van der Waals surface area contributed by atoms with Crippen molar-refractivity contribution >= 4 is 17.7 Å². The molecule has 0 radical (unpaired) electrons. The second-order valence-corrected chi connectivity index (χ2v) is 7.30. The molecule has 0 bridgehead atoms. The summed E-state index contributed by atoms with van der Waals surface area (Å²) in [5, 5.41) is 0.755. The lowest BCUT2D eigenvalue weighted by Crippen LogP contribution is -2.58. The van der Waals surface area contributed by atoms with E-state index in [2.05, 4.69) is 37.6 Å². The van der Waals surface area contributed by atoms with E-state index in [1.165, 1.54) is 11.8 Å². The Balaban J connectivity index is 2.45. The van der Waals surface area contributed by atoms with Gasteiger partial charge in [-0.05, 0) is 34.0 Å². The van der Waals surface area contributed by atoms with E-state index in [4.69, 9.17) is 4.74 Å². The number of aromatic nitrogens is 2. The molecule has 0 aliphatic carbocycles. The highest BCUT2D eigenvalue weighted by Gasteiger charge is 2.39. The zero-order valence-corrected chi connectivity index (χ0v) is 13.9. The molecule has 2 rings (SSSR count). The molecule has 0 amide bonds. The van der Waals surface area contributed by atoms with E-state index in [0.29, 0.717) is 19.0 Å². The van der Waals surface area contributed by atoms with Gasteiger partial charge in [-0.25, -0.2) is 4.98 Å². The van der Waals surface area contributed by atoms with Crippen LogP contribution in [0, 0.1) is 0 Å². The highest BCUT2D eigenvalue weighted by atomic mass is 32.2. The van der Waals surface area contributed by atoms with Crippen molar-refractivity contribution in [2.45, 2.75) is 43.9 Å². The van der Waals surface area contributed by atoms with Crippen LogP contribution in [0.4, 0.5) is 5.95 Å². The average molecular weight is 297 g/mol. The van der Waals surface area contributed by atoms with Crippen LogP contribution in [-0.4, -0.2) is 40.1 Å². The Labute approximate surface area is 124 Å². The third kappa shape index (κ3) is 3.17. The zero-order valence-electron chi connectivity index (χ0n) is 13.1. The first-order valence-electron chi connectivity index (χ1n) is 6.71. The molecule has 1 aliphatic heterocycles. The normalized spacial score (nSPS) is 21.0. The van der Waals surface area contributed by atoms with E-state index in [1.807, 2.05) is 6.26 Å². The SMILES string of the molecule is CSc1cc(=O)n(C)c(N2CC(C)(C)OC(C)(C)C2)n1. The minimum Gasteiger partial charge on any atom is -0.366 e. The number of morpholine rings is 1. The summed E-state index contributed by atoms with van der Waals surface area (Å²) in [6, 6.07) is 1.57. The summed E-state index contributed by atoms with van der Waals surface area (Å²) in [6.45, 7) is 9.70. The zero-order chi connectivity index (χ0) is 15.1. The number of hydrogen-bond acceptors (Lipinski definition) is 5. The predicted molar refractivity (Wildman–Crippen MR) is 82.7 cm³/mol. The van der Waals surface area contributed by atoms with Crippen molar-refractivity contribution in [2.24, 2.45) is 7.05 Å². The molecule has 1 saturated heterocycles. The number of rotatable bonds is 2. The van der Waals surface area contributed by atoms with E-state index in [9.17, 15) is 4.79 Å². The summed E-state index contributed by atoms with van der Waals surface area (Å²) in [4.78, 5) is 18.8. The van der Waals surface area contributed by atoms with Crippen LogP contribution in [0.2, 0.25) is 0 Å². The van der Waals surface area contributed by atoms with Crippen molar-refractivity contribution in [3.05, 3.63) is 16.4 Å². The van der Waals surface area contributed by atoms with Gasteiger partial charge in [0.2, 0.25) is 5.95 Å². The fourth-order valence-electron chi connectivity index (χ4n) is 2.82. The van der Waals surface area contributed by atoms with E-state index in [-0.39, 0.29) is 16.8 Å². The third-order valence-electron chi connectivity index (χ3n) is 3.28. The molecule has 0 spiro atoms. The Bertz CT molecular complexity index is 550. The Morgan fingerprint density at radius 2 is 1.80 bits per heavy atom. The van der Waals surface area contributed by atoms with Gasteiger partial charge < -0.3 is 9.64 Å². The molecule has 1 fully saturated rings. The van der Waals surface area contributed by atoms with Crippen molar-refractivity contribution in [1.29, 1.82) is 0 Å². The van der Waals surface area contributed by atoms with Crippen molar-refractivity contribution in [3.8, 4) is 0 Å². The maximum absolute atomic E-state index is 12.0. The molecule has 112 valence electrons. The van der Waals surface area contributed by atoms with Crippen LogP contribution in [-0.2, 0) is 11.8 Å². The van der Waals surface area contributed by atoms with Gasteiger partial charge in [0, 0.05) is 26.2 Å². The molecule has 5 nitrogen and oxygen atoms in total. The van der Waals surface area contributed by atoms with Crippen LogP contribution in [0.25, 0.3) is 0 Å². The Morgan fingerprint density at radius 1 is 1.25 bits per heavy atom. The van der Waals surface area contributed by atoms with E-state index < -0.39 is 0 Å². The van der Waals surface area contributed by atoms with Gasteiger partial charge in [0.1, 0.15) is 5.03 Å². The van der Waals surface area contributed by atoms with Gasteiger partial charge in [-0.3, -0.25) is 9.36 Å². The minimum atomic E-state index is -0.269. The lowest BCUT2D eigenvalue weighted by Gasteiger charge is -2.47. The fourth-order valence-corrected chi connectivity index (χ4v) is 3.21. The van der Waals surface area contributed by atoms with Crippen LogP contribution >= 0.6 is 11.8 Å². The van der Waals surface area contributed by atoms with Crippen LogP contribution in [0.5, 0.6) is 0 Å². The molecule has 0 N–H and O–H groups in total. The van der Waals surface area contributed by atoms with Gasteiger partial charge in [0.05, 0.1) is 11.2 Å². The lowest BCUT2D eigenvalue weighted by molar-refractivity contribution is -0.133. The molecule has 20 heavy (non-hydrogen) atoms. The highest BCUT2D eigenvalue weighted by molar-refractivity contribution is 7.98. The van der Waals surface area contributed by atoms with Crippen molar-refractivity contribution < 1.29 is 4.74 Å². The molecule has 0 aromatic carbocycles. The minimum absolute atomic E-state index is 0.0264. The van der Waals surface area contributed by atoms with Gasteiger partial charge in [0.15, 0.2) is 0 Å². The van der Waals surface area contributed by atoms with E-state index in [1.54, 1.807) is 17.7 Å². The number of anilines is 1. The monoisotopic (exact) mass is 297 g/mol. The second kappa shape index (κ2) is 5.07. The first kappa shape index (κ1) is 15.4. The van der Waals surface area contributed by atoms with Crippen LogP contribution in [0.1, 0.15) is 27.7 Å². The number of hydrogen-bond donors (Lipinski definition) is 0. The molecule has 0 unspecified atom stereocenters. The van der Waals surface area contributed by atoms with E-state index >= 15 is 0 Å². The predicted octanol–water partition coefficient (Wildman–Crippen LogP) is 1.90. The summed E-state index contributed by atoms with van der Waals surface area (Å²) in [5.41, 5.74) is -0.564. The first-order valence-corrected chi connectivity index (χ1v) is 7.93. The molecule has 1 aliphatic rings. The van der Waals surface area contributed by atoms with Crippen molar-refractivity contribution in [3.63, 3.8) is 0 Å². The summed E-state index contributed by atoms with van der Waals surface area (Å²) < 4.78 is 7.69. The third-order valence-corrected chi connectivity index (χ3v) is 3.90. The van der Waals surface area contributed by atoms with Gasteiger partial charge in [0.25, 0.3) is 5.56 Å². The molecule has 6 heteroatoms. The van der Waals surface area contributed by atoms with Gasteiger partial charge in [-0.2, -0.15) is 0 Å². The Morgan fingerprint density at radius 3 is 2.30 bits per heavy atom. The average Bonchev–Trinajstić information content (AvgIpc) is 2.28. The lowest BCUT2D eigenvalue weighted by atomic mass is 9.99. The standard InChI is InChI=1S/C14H23N3O2S/c1-13(2)8-17(9-14(3,4)19-13)12-15-10(20-6)7-11(18)16(12)5/h7H,8-9H2,1-6H3. The second-order valence-electron chi connectivity index (χ2n) is 6.47. The van der Waals surface area contributed by atoms with E-state index in [0.717, 1.165) is 5.03 Å². The highest BCUT2D eigenvalue weighted by Crippen LogP contribution is 2.30. The first-order chi connectivity index (χ1) is 9.13. The Hall–Kier alpha value is -1.01. The topological polar surface area (TPSA) is 47.4 Å². The van der Waals surface area contributed by atoms with Gasteiger partial charge in [-0.1, -0.05) is 0 Å². The molecule has 2 heterocycles. The maximum Gasteiger partial charge on any atom is 0.255 e. The number of nitrogens with zero attached hydrogens (tertiary/aromatic N) is 3. The van der Waals surface area contributed by atoms with Crippen LogP contribution < -0.4 is 10.5 Å². The number of thioether (sulfide) groups is 1. The van der Waals surface area contributed by atoms with Gasteiger partial charge in [-0.15, -0.1) is 11.8 Å². The Kier molecular flexibility index (Phi) is 3.90. The maximum atomic E-state index is 12.0. The summed E-state index contributed by atoms with van der Waals surface area (Å²) in [6.07, 6.45) is 1.93. The molecule has 1 aromatic rings. The van der Waals surface area contributed by atoms with Gasteiger partial charge >= 0.3 is 0 Å². The van der Waals surface area contributed by atoms with Crippen molar-refractivity contribution in [2.75, 3.05) is 24.2 Å². The summed E-state index contributed by atoms with van der Waals surface area (Å²) >= 11 is 1.49. The van der Waals surface area contributed by atoms with Crippen LogP contribution in [0.3, 0.4) is 0 Å². The summed E-state index contributed by atoms with van der Waals surface area (Å²) in [7, 11) is 1.77. The van der Waals surface area contributed by atoms with Crippen LogP contribution in [0.15, 0.2) is 15.9 Å². The molecule has 0 atom stereocenters.